The molecule has 0 aliphatic carbocycles. The maximum Gasteiger partial charge on any atom is 0.338 e. The molecule has 1 aromatic carbocycles. The zero-order valence-electron chi connectivity index (χ0n) is 16.1. The fourth-order valence-electron chi connectivity index (χ4n) is 3.02. The Morgan fingerprint density at radius 2 is 1.92 bits per heavy atom. The molecule has 1 aliphatic heterocycles. The van der Waals surface area contributed by atoms with Crippen LogP contribution in [0.5, 0.6) is 0 Å². The van der Waals surface area contributed by atoms with Crippen molar-refractivity contribution in [3.05, 3.63) is 58.2 Å². The number of hydrogen-bond donors (Lipinski definition) is 1. The molecule has 26 heavy (non-hydrogen) atoms. The largest absolute Gasteiger partial charge is 0.463 e. The van der Waals surface area contributed by atoms with Gasteiger partial charge in [0.05, 0.1) is 18.1 Å². The van der Waals surface area contributed by atoms with Crippen LogP contribution in [0.2, 0.25) is 0 Å². The number of nitrogens with two attached hydrogens (primary N) is 1. The fourth-order valence-corrected chi connectivity index (χ4v) is 3.02. The predicted molar refractivity (Wildman–Crippen MR) is 99.7 cm³/mol. The first-order valence-corrected chi connectivity index (χ1v) is 8.82. The van der Waals surface area contributed by atoms with E-state index in [4.69, 9.17) is 15.2 Å². The lowest BCUT2D eigenvalue weighted by molar-refractivity contribution is -0.139. The van der Waals surface area contributed by atoms with Crippen molar-refractivity contribution in [3.8, 4) is 6.07 Å². The van der Waals surface area contributed by atoms with Gasteiger partial charge in [0.2, 0.25) is 5.88 Å². The molecule has 5 heteroatoms. The van der Waals surface area contributed by atoms with E-state index in [1.165, 1.54) is 5.56 Å². The van der Waals surface area contributed by atoms with Gasteiger partial charge in [-0.2, -0.15) is 5.26 Å². The number of carbonyl (C=O) groups excluding carboxylic acids is 1. The molecular weight excluding hydrogens is 328 g/mol. The van der Waals surface area contributed by atoms with Gasteiger partial charge in [-0.1, -0.05) is 45.0 Å². The monoisotopic (exact) mass is 354 g/mol. The average molecular weight is 354 g/mol. The number of carbonyl (C=O) groups is 1. The Labute approximate surface area is 155 Å². The van der Waals surface area contributed by atoms with Gasteiger partial charge in [-0.05, 0) is 36.8 Å². The lowest BCUT2D eigenvalue weighted by Gasteiger charge is -2.28. The molecule has 0 amide bonds. The molecule has 1 aliphatic rings. The van der Waals surface area contributed by atoms with E-state index >= 15 is 0 Å². The van der Waals surface area contributed by atoms with Gasteiger partial charge in [-0.3, -0.25) is 0 Å². The first-order chi connectivity index (χ1) is 12.3. The summed E-state index contributed by atoms with van der Waals surface area (Å²) in [5.41, 5.74) is 8.52. The number of allylic oxidation sites excluding steroid dienone is 2. The second-order valence-electron chi connectivity index (χ2n) is 6.97. The van der Waals surface area contributed by atoms with Crippen LogP contribution in [-0.4, -0.2) is 12.6 Å². The van der Waals surface area contributed by atoms with Crippen molar-refractivity contribution >= 4 is 5.97 Å². The Kier molecular flexibility index (Phi) is 5.76. The van der Waals surface area contributed by atoms with Gasteiger partial charge in [-0.25, -0.2) is 4.79 Å². The summed E-state index contributed by atoms with van der Waals surface area (Å²) in [6, 6.07) is 10.1. The van der Waals surface area contributed by atoms with Gasteiger partial charge in [0.1, 0.15) is 17.4 Å². The Morgan fingerprint density at radius 1 is 1.31 bits per heavy atom. The normalized spacial score (nSPS) is 17.6. The second kappa shape index (κ2) is 7.65. The molecule has 1 aromatic rings. The van der Waals surface area contributed by atoms with Crippen LogP contribution in [0.1, 0.15) is 58.1 Å². The van der Waals surface area contributed by atoms with E-state index in [0.717, 1.165) is 12.0 Å². The van der Waals surface area contributed by atoms with Crippen LogP contribution in [0.25, 0.3) is 0 Å². The smallest absolute Gasteiger partial charge is 0.338 e. The molecule has 0 bridgehead atoms. The second-order valence-corrected chi connectivity index (χ2v) is 6.97. The van der Waals surface area contributed by atoms with E-state index in [0.29, 0.717) is 11.3 Å². The third kappa shape index (κ3) is 3.60. The maximum absolute atomic E-state index is 12.5. The molecule has 0 spiro atoms. The summed E-state index contributed by atoms with van der Waals surface area (Å²) in [6.07, 6.45) is 1.01. The third-order valence-electron chi connectivity index (χ3n) is 5.01. The first-order valence-electron chi connectivity index (χ1n) is 8.82. The topological polar surface area (TPSA) is 85.3 Å². The van der Waals surface area contributed by atoms with E-state index in [1.807, 2.05) is 24.3 Å². The molecular formula is C21H26N2O3. The molecule has 2 rings (SSSR count). The van der Waals surface area contributed by atoms with Crippen molar-refractivity contribution in [2.75, 3.05) is 6.61 Å². The van der Waals surface area contributed by atoms with Crippen molar-refractivity contribution < 1.29 is 14.3 Å². The zero-order valence-corrected chi connectivity index (χ0v) is 16.1. The summed E-state index contributed by atoms with van der Waals surface area (Å²) >= 11 is 0. The molecule has 1 atom stereocenters. The van der Waals surface area contributed by atoms with Crippen molar-refractivity contribution in [1.82, 2.24) is 0 Å². The molecule has 5 nitrogen and oxygen atoms in total. The molecule has 0 saturated heterocycles. The maximum atomic E-state index is 12.5. The number of benzene rings is 1. The van der Waals surface area contributed by atoms with Crippen LogP contribution < -0.4 is 5.73 Å². The predicted octanol–water partition coefficient (Wildman–Crippen LogP) is 4.02. The lowest BCUT2D eigenvalue weighted by atomic mass is 9.79. The van der Waals surface area contributed by atoms with Crippen molar-refractivity contribution in [1.29, 1.82) is 5.26 Å². The Morgan fingerprint density at radius 3 is 2.42 bits per heavy atom. The fraction of sp³-hybridized carbons (Fsp3) is 0.429. The quantitative estimate of drug-likeness (QED) is 0.807. The summed E-state index contributed by atoms with van der Waals surface area (Å²) in [6.45, 7) is 10.2. The number of ether oxygens (including phenoxy) is 2. The van der Waals surface area contributed by atoms with Gasteiger partial charge < -0.3 is 15.2 Å². The minimum Gasteiger partial charge on any atom is -0.463 e. The van der Waals surface area contributed by atoms with Crippen LogP contribution >= 0.6 is 0 Å². The van der Waals surface area contributed by atoms with Crippen LogP contribution in [0.4, 0.5) is 0 Å². The molecule has 2 N–H and O–H groups in total. The third-order valence-corrected chi connectivity index (χ3v) is 5.01. The highest BCUT2D eigenvalue weighted by molar-refractivity contribution is 5.92. The number of hydrogen-bond acceptors (Lipinski definition) is 5. The van der Waals surface area contributed by atoms with E-state index in [2.05, 4.69) is 26.8 Å². The summed E-state index contributed by atoms with van der Waals surface area (Å²) in [4.78, 5) is 12.5. The highest BCUT2D eigenvalue weighted by Crippen LogP contribution is 2.40. The molecule has 0 aromatic heterocycles. The minimum absolute atomic E-state index is 0.0287. The number of nitrogens with zero attached hydrogens (tertiary/aromatic N) is 1. The van der Waals surface area contributed by atoms with Crippen molar-refractivity contribution in [2.24, 2.45) is 5.73 Å². The van der Waals surface area contributed by atoms with Crippen LogP contribution in [0.15, 0.2) is 47.1 Å². The van der Waals surface area contributed by atoms with E-state index in [1.54, 1.807) is 13.8 Å². The zero-order chi connectivity index (χ0) is 19.5. The van der Waals surface area contributed by atoms with Gasteiger partial charge >= 0.3 is 5.97 Å². The minimum atomic E-state index is -0.591. The van der Waals surface area contributed by atoms with E-state index in [-0.39, 0.29) is 23.5 Å². The Balaban J connectivity index is 2.55. The van der Waals surface area contributed by atoms with E-state index in [9.17, 15) is 10.1 Å². The Hall–Kier alpha value is -2.74. The van der Waals surface area contributed by atoms with Crippen molar-refractivity contribution in [3.63, 3.8) is 0 Å². The number of esters is 1. The van der Waals surface area contributed by atoms with Gasteiger partial charge in [0, 0.05) is 0 Å². The molecule has 1 heterocycles. The lowest BCUT2D eigenvalue weighted by Crippen LogP contribution is -2.25. The highest BCUT2D eigenvalue weighted by atomic mass is 16.5. The first kappa shape index (κ1) is 19.6. The SMILES string of the molecule is CCOC(=O)C1=C(C)OC(N)=C(C#N)C1c1ccc(C(C)(C)CC)cc1. The number of rotatable bonds is 5. The molecule has 0 radical (unpaired) electrons. The summed E-state index contributed by atoms with van der Waals surface area (Å²) in [5.74, 6) is -0.691. The van der Waals surface area contributed by atoms with Crippen LogP contribution in [0.3, 0.4) is 0 Å². The van der Waals surface area contributed by atoms with Gasteiger partial charge in [0.25, 0.3) is 0 Å². The molecule has 1 unspecified atom stereocenters. The molecule has 0 saturated carbocycles. The van der Waals surface area contributed by atoms with Crippen molar-refractivity contribution in [2.45, 2.75) is 52.4 Å². The molecule has 138 valence electrons. The highest BCUT2D eigenvalue weighted by Gasteiger charge is 2.36. The van der Waals surface area contributed by atoms with E-state index < -0.39 is 11.9 Å². The van der Waals surface area contributed by atoms with Crippen LogP contribution in [-0.2, 0) is 19.7 Å². The summed E-state index contributed by atoms with van der Waals surface area (Å²) < 4.78 is 10.6. The summed E-state index contributed by atoms with van der Waals surface area (Å²) in [7, 11) is 0. The Bertz CT molecular complexity index is 796. The molecule has 0 fully saturated rings. The number of nitriles is 1. The van der Waals surface area contributed by atoms with Gasteiger partial charge in [-0.15, -0.1) is 0 Å². The standard InChI is InChI=1S/C21H26N2O3/c1-6-21(4,5)15-10-8-14(9-11-15)18-16(12-22)19(23)26-13(3)17(18)20(24)25-7-2/h8-11,18H,6-7,23H2,1-5H3. The van der Waals surface area contributed by atoms with Crippen LogP contribution in [0, 0.1) is 11.3 Å². The summed E-state index contributed by atoms with van der Waals surface area (Å²) in [5, 5.41) is 9.59. The average Bonchev–Trinajstić information content (AvgIpc) is 2.61. The van der Waals surface area contributed by atoms with Gasteiger partial charge in [0.15, 0.2) is 0 Å².